The fraction of sp³-hybridized carbons (Fsp3) is 0.364. The maximum absolute atomic E-state index is 12.8. The molecule has 0 saturated heterocycles. The summed E-state index contributed by atoms with van der Waals surface area (Å²) >= 11 is 1.49. The van der Waals surface area contributed by atoms with Crippen LogP contribution >= 0.6 is 11.3 Å². The van der Waals surface area contributed by atoms with Crippen LogP contribution in [0.25, 0.3) is 10.2 Å². The van der Waals surface area contributed by atoms with Crippen molar-refractivity contribution in [1.29, 1.82) is 0 Å². The highest BCUT2D eigenvalue weighted by Crippen LogP contribution is 2.35. The molecule has 1 amide bonds. The third-order valence-corrected chi connectivity index (χ3v) is 5.90. The number of amides is 1. The Labute approximate surface area is 168 Å². The van der Waals surface area contributed by atoms with E-state index < -0.39 is 0 Å². The fourth-order valence-electron chi connectivity index (χ4n) is 3.26. The van der Waals surface area contributed by atoms with E-state index in [2.05, 4.69) is 25.8 Å². The number of benzene rings is 2. The van der Waals surface area contributed by atoms with Gasteiger partial charge in [0.05, 0.1) is 10.2 Å². The number of aryl methyl sites for hydroxylation is 1. The zero-order valence-corrected chi connectivity index (χ0v) is 17.4. The van der Waals surface area contributed by atoms with E-state index in [0.29, 0.717) is 30.1 Å². The lowest BCUT2D eigenvalue weighted by atomic mass is 9.87. The Bertz CT molecular complexity index is 1100. The summed E-state index contributed by atoms with van der Waals surface area (Å²) in [7, 11) is 0. The van der Waals surface area contributed by atoms with Gasteiger partial charge in [0.1, 0.15) is 13.2 Å². The number of rotatable bonds is 2. The standard InChI is InChI=1S/C22H24N2O3S/c1-5-24-16-12-17-18(27-11-10-26-17)13-19(16)28-21(24)23-20(25)14-6-8-15(9-7-14)22(2,3)4/h6-9,12-13H,5,10-11H2,1-4H3. The summed E-state index contributed by atoms with van der Waals surface area (Å²) in [5.41, 5.74) is 2.85. The van der Waals surface area contributed by atoms with Crippen molar-refractivity contribution in [3.05, 3.63) is 52.3 Å². The van der Waals surface area contributed by atoms with Crippen molar-refractivity contribution in [2.75, 3.05) is 13.2 Å². The van der Waals surface area contributed by atoms with Crippen LogP contribution in [-0.2, 0) is 12.0 Å². The third kappa shape index (κ3) is 3.44. The van der Waals surface area contributed by atoms with Gasteiger partial charge in [0.25, 0.3) is 5.91 Å². The molecule has 0 radical (unpaired) electrons. The minimum Gasteiger partial charge on any atom is -0.486 e. The molecule has 5 nitrogen and oxygen atoms in total. The first-order valence-corrected chi connectivity index (χ1v) is 10.3. The molecule has 3 aromatic rings. The number of thiazole rings is 1. The third-order valence-electron chi connectivity index (χ3n) is 4.86. The number of fused-ring (bicyclic) bond motifs is 2. The molecule has 1 aromatic heterocycles. The molecular formula is C22H24N2O3S. The monoisotopic (exact) mass is 396 g/mol. The molecule has 1 aliphatic heterocycles. The van der Waals surface area contributed by atoms with Crippen LogP contribution in [0.15, 0.2) is 41.4 Å². The van der Waals surface area contributed by atoms with Gasteiger partial charge in [0.15, 0.2) is 16.3 Å². The van der Waals surface area contributed by atoms with Crippen molar-refractivity contribution >= 4 is 27.5 Å². The molecule has 0 atom stereocenters. The highest BCUT2D eigenvalue weighted by Gasteiger charge is 2.17. The minimum atomic E-state index is -0.230. The van der Waals surface area contributed by atoms with E-state index >= 15 is 0 Å². The number of carbonyl (C=O) groups is 1. The lowest BCUT2D eigenvalue weighted by Gasteiger charge is -2.18. The number of hydrogen-bond donors (Lipinski definition) is 0. The Morgan fingerprint density at radius 1 is 1.11 bits per heavy atom. The highest BCUT2D eigenvalue weighted by molar-refractivity contribution is 7.16. The molecule has 2 heterocycles. The maximum Gasteiger partial charge on any atom is 0.279 e. The zero-order chi connectivity index (χ0) is 19.9. The van der Waals surface area contributed by atoms with Crippen molar-refractivity contribution in [1.82, 2.24) is 4.57 Å². The van der Waals surface area contributed by atoms with Gasteiger partial charge in [-0.1, -0.05) is 44.2 Å². The molecule has 0 aliphatic carbocycles. The Kier molecular flexibility index (Phi) is 4.75. The van der Waals surface area contributed by atoms with E-state index in [1.54, 1.807) is 0 Å². The summed E-state index contributed by atoms with van der Waals surface area (Å²) < 4.78 is 14.4. The average molecular weight is 397 g/mol. The van der Waals surface area contributed by atoms with Crippen LogP contribution in [0.4, 0.5) is 0 Å². The van der Waals surface area contributed by atoms with Gasteiger partial charge < -0.3 is 14.0 Å². The molecule has 146 valence electrons. The quantitative estimate of drug-likeness (QED) is 0.639. The summed E-state index contributed by atoms with van der Waals surface area (Å²) in [5.74, 6) is 1.26. The van der Waals surface area contributed by atoms with Gasteiger partial charge in [-0.05, 0) is 30.0 Å². The summed E-state index contributed by atoms with van der Waals surface area (Å²) in [6, 6.07) is 11.7. The second kappa shape index (κ2) is 7.09. The number of nitrogens with zero attached hydrogens (tertiary/aromatic N) is 2. The van der Waals surface area contributed by atoms with Gasteiger partial charge in [-0.3, -0.25) is 4.79 Å². The van der Waals surface area contributed by atoms with Crippen LogP contribution in [0.1, 0.15) is 43.6 Å². The topological polar surface area (TPSA) is 52.8 Å². The largest absolute Gasteiger partial charge is 0.486 e. The maximum atomic E-state index is 12.8. The number of carbonyl (C=O) groups excluding carboxylic acids is 1. The van der Waals surface area contributed by atoms with Gasteiger partial charge in [-0.25, -0.2) is 0 Å². The van der Waals surface area contributed by atoms with Gasteiger partial charge >= 0.3 is 0 Å². The predicted octanol–water partition coefficient (Wildman–Crippen LogP) is 4.53. The van der Waals surface area contributed by atoms with Gasteiger partial charge in [-0.2, -0.15) is 4.99 Å². The Morgan fingerprint density at radius 2 is 1.75 bits per heavy atom. The first-order chi connectivity index (χ1) is 13.4. The van der Waals surface area contributed by atoms with Gasteiger partial charge in [-0.15, -0.1) is 0 Å². The van der Waals surface area contributed by atoms with E-state index in [-0.39, 0.29) is 11.3 Å². The van der Waals surface area contributed by atoms with E-state index in [1.807, 2.05) is 47.9 Å². The van der Waals surface area contributed by atoms with Crippen LogP contribution in [0.5, 0.6) is 11.5 Å². The first kappa shape index (κ1) is 18.7. The molecule has 1 aliphatic rings. The average Bonchev–Trinajstić information content (AvgIpc) is 3.01. The lowest BCUT2D eigenvalue weighted by molar-refractivity contribution is 0.0998. The van der Waals surface area contributed by atoms with Gasteiger partial charge in [0, 0.05) is 24.2 Å². The molecule has 4 rings (SSSR count). The van der Waals surface area contributed by atoms with E-state index in [1.165, 1.54) is 16.9 Å². The van der Waals surface area contributed by atoms with Crippen molar-refractivity contribution in [2.45, 2.75) is 39.7 Å². The summed E-state index contributed by atoms with van der Waals surface area (Å²) in [4.78, 5) is 17.9. The van der Waals surface area contributed by atoms with Crippen LogP contribution in [0.2, 0.25) is 0 Å². The van der Waals surface area contributed by atoms with Crippen LogP contribution in [0.3, 0.4) is 0 Å². The lowest BCUT2D eigenvalue weighted by Crippen LogP contribution is -2.17. The van der Waals surface area contributed by atoms with E-state index in [4.69, 9.17) is 9.47 Å². The number of hydrogen-bond acceptors (Lipinski definition) is 4. The molecule has 0 N–H and O–H groups in total. The Balaban J connectivity index is 1.75. The van der Waals surface area contributed by atoms with E-state index in [9.17, 15) is 4.79 Å². The van der Waals surface area contributed by atoms with Crippen LogP contribution in [-0.4, -0.2) is 23.7 Å². The smallest absolute Gasteiger partial charge is 0.279 e. The van der Waals surface area contributed by atoms with Crippen molar-refractivity contribution in [3.63, 3.8) is 0 Å². The predicted molar refractivity (Wildman–Crippen MR) is 112 cm³/mol. The number of aromatic nitrogens is 1. The molecule has 0 spiro atoms. The number of ether oxygens (including phenoxy) is 2. The normalized spacial score (nSPS) is 14.5. The van der Waals surface area contributed by atoms with Crippen molar-refractivity contribution < 1.29 is 14.3 Å². The van der Waals surface area contributed by atoms with Crippen molar-refractivity contribution in [3.8, 4) is 11.5 Å². The molecule has 0 bridgehead atoms. The Hall–Kier alpha value is -2.60. The fourth-order valence-corrected chi connectivity index (χ4v) is 4.36. The van der Waals surface area contributed by atoms with Crippen molar-refractivity contribution in [2.24, 2.45) is 4.99 Å². The zero-order valence-electron chi connectivity index (χ0n) is 16.6. The SMILES string of the molecule is CCn1c(=NC(=O)c2ccc(C(C)(C)C)cc2)sc2cc3c(cc21)OCCO3. The van der Waals surface area contributed by atoms with Gasteiger partial charge in [0.2, 0.25) is 0 Å². The molecule has 0 saturated carbocycles. The molecule has 0 fully saturated rings. The molecule has 28 heavy (non-hydrogen) atoms. The molecular weight excluding hydrogens is 372 g/mol. The molecule has 6 heteroatoms. The molecule has 0 unspecified atom stereocenters. The second-order valence-electron chi connectivity index (χ2n) is 7.84. The first-order valence-electron chi connectivity index (χ1n) is 9.49. The van der Waals surface area contributed by atoms with E-state index in [0.717, 1.165) is 21.7 Å². The Morgan fingerprint density at radius 3 is 2.36 bits per heavy atom. The summed E-state index contributed by atoms with van der Waals surface area (Å²) in [5, 5.41) is 0. The molecule has 2 aromatic carbocycles. The second-order valence-corrected chi connectivity index (χ2v) is 8.85. The highest BCUT2D eigenvalue weighted by atomic mass is 32.1. The summed E-state index contributed by atoms with van der Waals surface area (Å²) in [6.45, 7) is 10.3. The van der Waals surface area contributed by atoms with Crippen LogP contribution in [0, 0.1) is 0 Å². The minimum absolute atomic E-state index is 0.0542. The van der Waals surface area contributed by atoms with Crippen LogP contribution < -0.4 is 14.3 Å². The summed E-state index contributed by atoms with van der Waals surface area (Å²) in [6.07, 6.45) is 0.